The molecule has 0 spiro atoms. The molecular weight excluding hydrogens is 239 g/mol. The number of rotatable bonds is 0. The Hall–Kier alpha value is 1.05. The number of nitrogens with zero attached hydrogens (tertiary/aromatic N) is 1. The molecule has 1 heterocycles. The first-order valence-electron chi connectivity index (χ1n) is 2.49. The van der Waals surface area contributed by atoms with Crippen molar-refractivity contribution in [3.05, 3.63) is 0 Å². The summed E-state index contributed by atoms with van der Waals surface area (Å²) in [5.41, 5.74) is 0. The number of hydrogen-bond donors (Lipinski definition) is 0. The van der Waals surface area contributed by atoms with Gasteiger partial charge in [0.1, 0.15) is 5.41 Å². The SMILES string of the molecule is FC1(P)CCN(I)C1. The van der Waals surface area contributed by atoms with E-state index in [1.54, 1.807) is 0 Å². The van der Waals surface area contributed by atoms with Gasteiger partial charge < -0.3 is 0 Å². The lowest BCUT2D eigenvalue weighted by atomic mass is 10.3. The first kappa shape index (κ1) is 7.16. The zero-order valence-corrected chi connectivity index (χ0v) is 7.71. The molecule has 1 rings (SSSR count). The highest BCUT2D eigenvalue weighted by Crippen LogP contribution is 2.33. The summed E-state index contributed by atoms with van der Waals surface area (Å²) < 4.78 is 14.7. The molecule has 2 unspecified atom stereocenters. The minimum atomic E-state index is -0.999. The summed E-state index contributed by atoms with van der Waals surface area (Å²) in [4.78, 5) is 0. The summed E-state index contributed by atoms with van der Waals surface area (Å²) in [6.45, 7) is 1.43. The summed E-state index contributed by atoms with van der Waals surface area (Å²) in [6, 6.07) is 0. The van der Waals surface area contributed by atoms with Crippen LogP contribution in [-0.4, -0.2) is 21.6 Å². The fourth-order valence-corrected chi connectivity index (χ4v) is 2.28. The molecule has 0 amide bonds. The molecule has 1 nitrogen and oxygen atoms in total. The van der Waals surface area contributed by atoms with Crippen molar-refractivity contribution in [1.82, 2.24) is 3.11 Å². The van der Waals surface area contributed by atoms with E-state index in [0.717, 1.165) is 6.54 Å². The molecule has 0 radical (unpaired) electrons. The molecule has 0 bridgehead atoms. The van der Waals surface area contributed by atoms with Crippen molar-refractivity contribution in [2.45, 2.75) is 11.8 Å². The van der Waals surface area contributed by atoms with Crippen LogP contribution in [0.1, 0.15) is 6.42 Å². The Morgan fingerprint density at radius 3 is 2.50 bits per heavy atom. The number of halogens is 2. The minimum absolute atomic E-state index is 0.554. The maximum atomic E-state index is 12.8. The van der Waals surface area contributed by atoms with E-state index >= 15 is 0 Å². The second-order valence-electron chi connectivity index (χ2n) is 2.13. The summed E-state index contributed by atoms with van der Waals surface area (Å²) in [6.07, 6.45) is 0.653. The average Bonchev–Trinajstić information content (AvgIpc) is 1.82. The molecule has 0 aromatic heterocycles. The van der Waals surface area contributed by atoms with E-state index in [1.165, 1.54) is 0 Å². The summed E-state index contributed by atoms with van der Waals surface area (Å²) in [5.74, 6) is 0. The van der Waals surface area contributed by atoms with Crippen molar-refractivity contribution >= 4 is 32.1 Å². The van der Waals surface area contributed by atoms with Gasteiger partial charge in [-0.1, -0.05) is 9.24 Å². The lowest BCUT2D eigenvalue weighted by Gasteiger charge is -2.09. The highest BCUT2D eigenvalue weighted by Gasteiger charge is 2.32. The van der Waals surface area contributed by atoms with Gasteiger partial charge in [0.2, 0.25) is 0 Å². The quantitative estimate of drug-likeness (QED) is 0.357. The largest absolute Gasteiger partial charge is 0.244 e. The van der Waals surface area contributed by atoms with Gasteiger partial charge in [-0.2, -0.15) is 0 Å². The molecule has 4 heteroatoms. The third-order valence-corrected chi connectivity index (χ3v) is 2.50. The van der Waals surface area contributed by atoms with Crippen LogP contribution in [0.2, 0.25) is 0 Å². The van der Waals surface area contributed by atoms with Gasteiger partial charge in [-0.3, -0.25) is 0 Å². The molecule has 0 saturated carbocycles. The van der Waals surface area contributed by atoms with Crippen LogP contribution in [-0.2, 0) is 0 Å². The van der Waals surface area contributed by atoms with Crippen molar-refractivity contribution in [3.8, 4) is 0 Å². The van der Waals surface area contributed by atoms with Gasteiger partial charge in [0, 0.05) is 36.0 Å². The molecule has 8 heavy (non-hydrogen) atoms. The van der Waals surface area contributed by atoms with Crippen molar-refractivity contribution in [3.63, 3.8) is 0 Å². The Morgan fingerprint density at radius 1 is 1.75 bits per heavy atom. The van der Waals surface area contributed by atoms with E-state index in [1.807, 2.05) is 3.11 Å². The second kappa shape index (κ2) is 2.35. The van der Waals surface area contributed by atoms with E-state index in [4.69, 9.17) is 0 Å². The monoisotopic (exact) mass is 247 g/mol. The molecule has 0 aromatic rings. The van der Waals surface area contributed by atoms with Crippen molar-refractivity contribution in [2.75, 3.05) is 13.1 Å². The average molecular weight is 247 g/mol. The van der Waals surface area contributed by atoms with Crippen molar-refractivity contribution in [2.24, 2.45) is 0 Å². The fraction of sp³-hybridized carbons (Fsp3) is 1.00. The van der Waals surface area contributed by atoms with Gasteiger partial charge in [-0.05, 0) is 6.42 Å². The molecule has 1 aliphatic rings. The maximum absolute atomic E-state index is 12.8. The zero-order chi connectivity index (χ0) is 6.20. The van der Waals surface area contributed by atoms with Gasteiger partial charge in [0.15, 0.2) is 0 Å². The smallest absolute Gasteiger partial charge is 0.138 e. The third-order valence-electron chi connectivity index (χ3n) is 1.20. The van der Waals surface area contributed by atoms with Crippen LogP contribution in [0.25, 0.3) is 0 Å². The fourth-order valence-electron chi connectivity index (χ4n) is 0.751. The van der Waals surface area contributed by atoms with Crippen molar-refractivity contribution < 1.29 is 4.39 Å². The van der Waals surface area contributed by atoms with Crippen LogP contribution in [0.4, 0.5) is 4.39 Å². The lowest BCUT2D eigenvalue weighted by molar-refractivity contribution is 0.307. The van der Waals surface area contributed by atoms with Gasteiger partial charge in [0.25, 0.3) is 0 Å². The molecular formula is C4H8FINP. The van der Waals surface area contributed by atoms with Gasteiger partial charge in [0.05, 0.1) is 0 Å². The van der Waals surface area contributed by atoms with Crippen LogP contribution in [0, 0.1) is 0 Å². The molecule has 1 saturated heterocycles. The van der Waals surface area contributed by atoms with Gasteiger partial charge >= 0.3 is 0 Å². The molecule has 0 N–H and O–H groups in total. The molecule has 1 aliphatic heterocycles. The zero-order valence-electron chi connectivity index (χ0n) is 4.40. The Bertz CT molecular complexity index is 98.0. The summed E-state index contributed by atoms with van der Waals surface area (Å²) >= 11 is 2.14. The molecule has 48 valence electrons. The first-order valence-corrected chi connectivity index (χ1v) is 4.03. The van der Waals surface area contributed by atoms with E-state index in [9.17, 15) is 4.39 Å². The Labute approximate surface area is 64.7 Å². The second-order valence-corrected chi connectivity index (χ2v) is 4.53. The predicted molar refractivity (Wildman–Crippen MR) is 43.8 cm³/mol. The topological polar surface area (TPSA) is 3.24 Å². The van der Waals surface area contributed by atoms with Gasteiger partial charge in [-0.25, -0.2) is 7.50 Å². The number of hydrogen-bond acceptors (Lipinski definition) is 1. The Kier molecular flexibility index (Phi) is 2.10. The highest BCUT2D eigenvalue weighted by molar-refractivity contribution is 14.1. The molecule has 0 aromatic carbocycles. The summed E-state index contributed by atoms with van der Waals surface area (Å²) in [7, 11) is 2.24. The normalized spacial score (nSPS) is 40.9. The molecule has 2 atom stereocenters. The van der Waals surface area contributed by atoms with Crippen LogP contribution < -0.4 is 0 Å². The van der Waals surface area contributed by atoms with E-state index in [0.29, 0.717) is 13.0 Å². The van der Waals surface area contributed by atoms with Gasteiger partial charge in [-0.15, -0.1) is 0 Å². The predicted octanol–water partition coefficient (Wildman–Crippen LogP) is 1.58. The van der Waals surface area contributed by atoms with E-state index in [2.05, 4.69) is 32.1 Å². The van der Waals surface area contributed by atoms with Crippen LogP contribution >= 0.6 is 32.1 Å². The van der Waals surface area contributed by atoms with Crippen LogP contribution in [0.3, 0.4) is 0 Å². The lowest BCUT2D eigenvalue weighted by Crippen LogP contribution is -2.15. The first-order chi connectivity index (χ1) is 3.60. The van der Waals surface area contributed by atoms with Crippen molar-refractivity contribution in [1.29, 1.82) is 0 Å². The maximum Gasteiger partial charge on any atom is 0.138 e. The van der Waals surface area contributed by atoms with Crippen LogP contribution in [0.15, 0.2) is 0 Å². The summed E-state index contributed by atoms with van der Waals surface area (Å²) in [5, 5.41) is -0.999. The minimum Gasteiger partial charge on any atom is -0.244 e. The highest BCUT2D eigenvalue weighted by atomic mass is 127. The standard InChI is InChI=1S/C4H8FINP/c5-4(8)1-2-7(6)3-4/h1-3,8H2. The number of alkyl halides is 1. The van der Waals surface area contributed by atoms with E-state index in [-0.39, 0.29) is 0 Å². The van der Waals surface area contributed by atoms with E-state index < -0.39 is 5.41 Å². The third kappa shape index (κ3) is 1.78. The Balaban J connectivity index is 2.44. The van der Waals surface area contributed by atoms with Crippen LogP contribution in [0.5, 0.6) is 0 Å². The Morgan fingerprint density at radius 2 is 2.38 bits per heavy atom. The molecule has 1 fully saturated rings. The molecule has 0 aliphatic carbocycles.